The van der Waals surface area contributed by atoms with Gasteiger partial charge in [0.05, 0.1) is 7.11 Å². The minimum atomic E-state index is -0.0316. The zero-order valence-corrected chi connectivity index (χ0v) is 19.0. The maximum atomic E-state index is 6.76. The van der Waals surface area contributed by atoms with Crippen molar-refractivity contribution in [3.8, 4) is 5.75 Å². The summed E-state index contributed by atoms with van der Waals surface area (Å²) in [4.78, 5) is 5.11. The fourth-order valence-corrected chi connectivity index (χ4v) is 5.08. The summed E-state index contributed by atoms with van der Waals surface area (Å²) >= 11 is 0. The number of nitrogens with zero attached hydrogens (tertiary/aromatic N) is 2. The molecule has 0 bridgehead atoms. The van der Waals surface area contributed by atoms with Crippen molar-refractivity contribution in [3.63, 3.8) is 0 Å². The largest absolute Gasteiger partial charge is 0.497 e. The first-order chi connectivity index (χ1) is 14.3. The monoisotopic (exact) mass is 409 g/mol. The molecule has 0 amide bonds. The number of ether oxygens (including phenoxy) is 2. The highest BCUT2D eigenvalue weighted by Gasteiger charge is 2.43. The zero-order valence-electron chi connectivity index (χ0n) is 19.0. The van der Waals surface area contributed by atoms with E-state index in [2.05, 4.69) is 48.8 Å². The van der Waals surface area contributed by atoms with Crippen LogP contribution in [0.3, 0.4) is 0 Å². The molecule has 30 heavy (non-hydrogen) atoms. The van der Waals surface area contributed by atoms with Crippen LogP contribution in [-0.2, 0) is 11.3 Å². The lowest BCUT2D eigenvalue weighted by atomic mass is 9.85. The van der Waals surface area contributed by atoms with E-state index in [9.17, 15) is 0 Å². The van der Waals surface area contributed by atoms with Crippen LogP contribution in [-0.4, -0.2) is 49.6 Å². The zero-order chi connectivity index (χ0) is 21.5. The Labute approximate surface area is 180 Å². The first kappa shape index (κ1) is 21.0. The molecule has 5 heteroatoms. The van der Waals surface area contributed by atoms with Gasteiger partial charge in [0.1, 0.15) is 17.3 Å². The molecule has 0 aromatic heterocycles. The predicted molar refractivity (Wildman–Crippen MR) is 121 cm³/mol. The van der Waals surface area contributed by atoms with E-state index >= 15 is 0 Å². The van der Waals surface area contributed by atoms with Crippen molar-refractivity contribution in [3.05, 3.63) is 63.8 Å². The number of piperazine rings is 1. The Kier molecular flexibility index (Phi) is 5.69. The maximum Gasteiger partial charge on any atom is 0.119 e. The molecule has 3 aliphatic rings. The van der Waals surface area contributed by atoms with Crippen molar-refractivity contribution in [1.29, 1.82) is 0 Å². The summed E-state index contributed by atoms with van der Waals surface area (Å²) in [5.74, 6) is 2.92. The third-order valence-electron chi connectivity index (χ3n) is 7.00. The lowest BCUT2D eigenvalue weighted by molar-refractivity contribution is 0.0989. The van der Waals surface area contributed by atoms with Gasteiger partial charge in [-0.25, -0.2) is 0 Å². The Hall–Kier alpha value is -2.24. The fourth-order valence-electron chi connectivity index (χ4n) is 5.08. The molecule has 5 nitrogen and oxygen atoms in total. The van der Waals surface area contributed by atoms with Gasteiger partial charge < -0.3 is 15.2 Å². The minimum Gasteiger partial charge on any atom is -0.497 e. The highest BCUT2D eigenvalue weighted by molar-refractivity contribution is 5.58. The van der Waals surface area contributed by atoms with Crippen LogP contribution in [0.2, 0.25) is 0 Å². The summed E-state index contributed by atoms with van der Waals surface area (Å²) in [6, 6.07) is 8.38. The molecule has 0 spiro atoms. The second-order valence-electron chi connectivity index (χ2n) is 9.25. The van der Waals surface area contributed by atoms with Gasteiger partial charge in [0.15, 0.2) is 0 Å². The summed E-state index contributed by atoms with van der Waals surface area (Å²) in [6.45, 7) is 14.8. The third kappa shape index (κ3) is 3.88. The Morgan fingerprint density at radius 1 is 1.07 bits per heavy atom. The van der Waals surface area contributed by atoms with Crippen molar-refractivity contribution in [2.75, 3.05) is 39.8 Å². The van der Waals surface area contributed by atoms with Gasteiger partial charge in [-0.2, -0.15) is 0 Å². The van der Waals surface area contributed by atoms with Gasteiger partial charge in [0.2, 0.25) is 0 Å². The molecule has 0 saturated carbocycles. The van der Waals surface area contributed by atoms with Gasteiger partial charge in [-0.3, -0.25) is 9.80 Å². The van der Waals surface area contributed by atoms with Crippen molar-refractivity contribution < 1.29 is 9.47 Å². The number of allylic oxidation sites excluding steroid dienone is 5. The van der Waals surface area contributed by atoms with Crippen molar-refractivity contribution in [2.45, 2.75) is 40.7 Å². The number of nitrogens with two attached hydrogens (primary N) is 1. The number of methoxy groups -OCH3 is 1. The summed E-state index contributed by atoms with van der Waals surface area (Å²) in [5.41, 5.74) is 12.8. The van der Waals surface area contributed by atoms with Gasteiger partial charge in [0.25, 0.3) is 0 Å². The van der Waals surface area contributed by atoms with E-state index in [0.717, 1.165) is 68.7 Å². The second kappa shape index (κ2) is 8.12. The van der Waals surface area contributed by atoms with E-state index < -0.39 is 0 Å². The molecule has 1 aliphatic carbocycles. The molecule has 162 valence electrons. The van der Waals surface area contributed by atoms with Crippen LogP contribution in [0.25, 0.3) is 0 Å². The average Bonchev–Trinajstić information content (AvgIpc) is 2.99. The second-order valence-corrected chi connectivity index (χ2v) is 9.25. The van der Waals surface area contributed by atoms with Crippen molar-refractivity contribution in [2.24, 2.45) is 11.1 Å². The number of hydrogen-bond acceptors (Lipinski definition) is 5. The molecule has 1 fully saturated rings. The molecule has 4 rings (SSSR count). The number of rotatable bonds is 5. The summed E-state index contributed by atoms with van der Waals surface area (Å²) in [6.07, 6.45) is 0.967. The SMILES string of the molecule is COc1cccc(CN2CCN(CC3(C)CC4=C(C)OC(C)=C(C)C4=C3N)CC2)c1. The van der Waals surface area contributed by atoms with E-state index in [1.165, 1.54) is 22.3 Å². The molecule has 2 N–H and O–H groups in total. The van der Waals surface area contributed by atoms with Gasteiger partial charge in [-0.05, 0) is 50.5 Å². The lowest BCUT2D eigenvalue weighted by Crippen LogP contribution is -2.49. The molecule has 1 unspecified atom stereocenters. The number of hydrogen-bond donors (Lipinski definition) is 1. The normalized spacial score (nSPS) is 25.6. The van der Waals surface area contributed by atoms with Crippen LogP contribution in [0.1, 0.15) is 39.7 Å². The average molecular weight is 410 g/mol. The molecular weight excluding hydrogens is 374 g/mol. The minimum absolute atomic E-state index is 0.0316. The molecule has 2 aliphatic heterocycles. The van der Waals surface area contributed by atoms with Crippen LogP contribution in [0.4, 0.5) is 0 Å². The molecular formula is C25H35N3O2. The summed E-state index contributed by atoms with van der Waals surface area (Å²) < 4.78 is 11.3. The Morgan fingerprint density at radius 2 is 1.77 bits per heavy atom. The summed E-state index contributed by atoms with van der Waals surface area (Å²) in [7, 11) is 1.72. The maximum absolute atomic E-state index is 6.76. The first-order valence-electron chi connectivity index (χ1n) is 10.9. The topological polar surface area (TPSA) is 51.0 Å². The van der Waals surface area contributed by atoms with Gasteiger partial charge in [0, 0.05) is 61.5 Å². The van der Waals surface area contributed by atoms with Crippen molar-refractivity contribution in [1.82, 2.24) is 9.80 Å². The summed E-state index contributed by atoms with van der Waals surface area (Å²) in [5, 5.41) is 0. The molecule has 1 aromatic carbocycles. The predicted octanol–water partition coefficient (Wildman–Crippen LogP) is 4.03. The van der Waals surface area contributed by atoms with Crippen LogP contribution in [0.15, 0.2) is 58.2 Å². The Balaban J connectivity index is 1.39. The third-order valence-corrected chi connectivity index (χ3v) is 7.00. The Bertz CT molecular complexity index is 922. The van der Waals surface area contributed by atoms with Crippen LogP contribution in [0, 0.1) is 5.41 Å². The molecule has 1 saturated heterocycles. The lowest BCUT2D eigenvalue weighted by Gasteiger charge is -2.39. The Morgan fingerprint density at radius 3 is 2.47 bits per heavy atom. The number of fused-ring (bicyclic) bond motifs is 1. The van der Waals surface area contributed by atoms with Crippen LogP contribution >= 0.6 is 0 Å². The van der Waals surface area contributed by atoms with E-state index in [4.69, 9.17) is 15.2 Å². The highest BCUT2D eigenvalue weighted by Crippen LogP contribution is 2.50. The molecule has 0 radical (unpaired) electrons. The highest BCUT2D eigenvalue weighted by atomic mass is 16.5. The standard InChI is InChI=1S/C25H35N3O2/c1-17-18(2)30-19(3)22-14-25(4,24(26)23(17)22)16-28-11-9-27(10-12-28)15-20-7-6-8-21(13-20)29-5/h6-8,13H,9-12,14-16,26H2,1-5H3. The molecule has 2 heterocycles. The van der Waals surface area contributed by atoms with Gasteiger partial charge in [-0.1, -0.05) is 19.1 Å². The van der Waals surface area contributed by atoms with Gasteiger partial charge in [-0.15, -0.1) is 0 Å². The molecule has 1 atom stereocenters. The first-order valence-corrected chi connectivity index (χ1v) is 10.9. The van der Waals surface area contributed by atoms with Gasteiger partial charge >= 0.3 is 0 Å². The van der Waals surface area contributed by atoms with E-state index in [0.29, 0.717) is 0 Å². The van der Waals surface area contributed by atoms with E-state index in [1.807, 2.05) is 13.0 Å². The van der Waals surface area contributed by atoms with Crippen LogP contribution < -0.4 is 10.5 Å². The smallest absolute Gasteiger partial charge is 0.119 e. The fraction of sp³-hybridized carbons (Fsp3) is 0.520. The van der Waals surface area contributed by atoms with E-state index in [-0.39, 0.29) is 5.41 Å². The van der Waals surface area contributed by atoms with Crippen LogP contribution in [0.5, 0.6) is 5.75 Å². The number of benzene rings is 1. The molecule has 1 aromatic rings. The van der Waals surface area contributed by atoms with E-state index in [1.54, 1.807) is 7.11 Å². The quantitative estimate of drug-likeness (QED) is 0.796. The van der Waals surface area contributed by atoms with Crippen molar-refractivity contribution >= 4 is 0 Å².